The number of aryl methyl sites for hydroxylation is 1. The molecule has 7 nitrogen and oxygen atoms in total. The highest BCUT2D eigenvalue weighted by atomic mass is 19.1. The van der Waals surface area contributed by atoms with Crippen LogP contribution in [-0.4, -0.2) is 33.3 Å². The Bertz CT molecular complexity index is 1390. The number of benzene rings is 2. The Balaban J connectivity index is 1.14. The Labute approximate surface area is 201 Å². The lowest BCUT2D eigenvalue weighted by atomic mass is 9.97. The van der Waals surface area contributed by atoms with E-state index in [1.54, 1.807) is 35.1 Å². The van der Waals surface area contributed by atoms with Gasteiger partial charge in [0.15, 0.2) is 5.69 Å². The van der Waals surface area contributed by atoms with Crippen LogP contribution in [0.2, 0.25) is 0 Å². The van der Waals surface area contributed by atoms with Gasteiger partial charge in [-0.2, -0.15) is 5.10 Å². The Morgan fingerprint density at radius 1 is 1.09 bits per heavy atom. The molecular formula is C27H23FN4O3. The van der Waals surface area contributed by atoms with Crippen LogP contribution < -0.4 is 14.8 Å². The molecule has 0 saturated carbocycles. The molecule has 0 spiro atoms. The number of halogens is 1. The van der Waals surface area contributed by atoms with E-state index in [1.807, 2.05) is 30.5 Å². The third-order valence-corrected chi connectivity index (χ3v) is 6.39. The smallest absolute Gasteiger partial charge is 0.272 e. The van der Waals surface area contributed by atoms with Crippen molar-refractivity contribution >= 4 is 5.91 Å². The summed E-state index contributed by atoms with van der Waals surface area (Å²) in [6.45, 7) is 0.920. The first-order valence-electron chi connectivity index (χ1n) is 11.6. The van der Waals surface area contributed by atoms with Gasteiger partial charge in [0.2, 0.25) is 5.88 Å². The molecule has 0 radical (unpaired) electrons. The van der Waals surface area contributed by atoms with E-state index in [1.165, 1.54) is 6.07 Å². The summed E-state index contributed by atoms with van der Waals surface area (Å²) in [6, 6.07) is 18.0. The number of ether oxygens (including phenoxy) is 2. The third kappa shape index (κ3) is 4.23. The summed E-state index contributed by atoms with van der Waals surface area (Å²) in [5.41, 5.74) is 3.89. The van der Waals surface area contributed by atoms with Gasteiger partial charge < -0.3 is 14.8 Å². The number of carbonyl (C=O) groups is 1. The predicted octanol–water partition coefficient (Wildman–Crippen LogP) is 4.34. The van der Waals surface area contributed by atoms with Gasteiger partial charge in [0.25, 0.3) is 5.91 Å². The van der Waals surface area contributed by atoms with Crippen molar-refractivity contribution in [2.24, 2.45) is 0 Å². The van der Waals surface area contributed by atoms with Crippen molar-refractivity contribution < 1.29 is 18.7 Å². The van der Waals surface area contributed by atoms with Crippen molar-refractivity contribution in [2.45, 2.75) is 31.5 Å². The minimum Gasteiger partial charge on any atom is -0.491 e. The molecule has 35 heavy (non-hydrogen) atoms. The predicted molar refractivity (Wildman–Crippen MR) is 127 cm³/mol. The number of rotatable bonds is 4. The second-order valence-electron chi connectivity index (χ2n) is 8.76. The van der Waals surface area contributed by atoms with E-state index >= 15 is 0 Å². The second-order valence-corrected chi connectivity index (χ2v) is 8.76. The van der Waals surface area contributed by atoms with Gasteiger partial charge in [0, 0.05) is 42.6 Å². The first-order valence-corrected chi connectivity index (χ1v) is 11.6. The summed E-state index contributed by atoms with van der Waals surface area (Å²) in [5.74, 6) is 0.695. The molecule has 8 heteroatoms. The molecule has 2 aliphatic rings. The van der Waals surface area contributed by atoms with Gasteiger partial charge in [0.05, 0.1) is 6.04 Å². The van der Waals surface area contributed by atoms with Crippen molar-refractivity contribution in [1.82, 2.24) is 20.1 Å². The summed E-state index contributed by atoms with van der Waals surface area (Å²) in [5, 5.41) is 7.43. The highest BCUT2D eigenvalue weighted by molar-refractivity contribution is 5.92. The molecule has 0 saturated heterocycles. The molecule has 6 rings (SSSR count). The van der Waals surface area contributed by atoms with Gasteiger partial charge in [-0.1, -0.05) is 30.3 Å². The lowest BCUT2D eigenvalue weighted by Crippen LogP contribution is -2.42. The van der Waals surface area contributed by atoms with Crippen LogP contribution in [0.15, 0.2) is 73.1 Å². The van der Waals surface area contributed by atoms with Crippen molar-refractivity contribution in [3.8, 4) is 22.8 Å². The Morgan fingerprint density at radius 3 is 2.86 bits per heavy atom. The maximum Gasteiger partial charge on any atom is 0.272 e. The number of amides is 1. The standard InChI is InChI=1S/C27H23FN4O3/c28-22-6-2-1-5-21(22)25-9-11-32-26(35-25)14-23(31-32)27(33)30-20-13-19-12-17(7-8-24(19)34-16-20)18-4-3-10-29-15-18/h1-8,10,12,14-15,20,25H,9,11,13,16H2,(H,30,33). The second kappa shape index (κ2) is 8.87. The molecule has 2 aromatic carbocycles. The number of hydrogen-bond acceptors (Lipinski definition) is 5. The van der Waals surface area contributed by atoms with Gasteiger partial charge in [-0.3, -0.25) is 9.78 Å². The summed E-state index contributed by atoms with van der Waals surface area (Å²) >= 11 is 0. The van der Waals surface area contributed by atoms with E-state index in [-0.39, 0.29) is 23.5 Å². The zero-order valence-electron chi connectivity index (χ0n) is 18.9. The zero-order chi connectivity index (χ0) is 23.8. The first-order chi connectivity index (χ1) is 17.1. The maximum atomic E-state index is 14.2. The van der Waals surface area contributed by atoms with E-state index in [0.717, 1.165) is 22.4 Å². The zero-order valence-corrected chi connectivity index (χ0v) is 18.9. The number of aromatic nitrogens is 3. The van der Waals surface area contributed by atoms with Crippen LogP contribution >= 0.6 is 0 Å². The number of pyridine rings is 1. The number of fused-ring (bicyclic) bond motifs is 2. The third-order valence-electron chi connectivity index (χ3n) is 6.39. The quantitative estimate of drug-likeness (QED) is 0.480. The normalized spacial score (nSPS) is 18.5. The highest BCUT2D eigenvalue weighted by Crippen LogP contribution is 2.33. The van der Waals surface area contributed by atoms with Crippen molar-refractivity contribution in [2.75, 3.05) is 6.61 Å². The fourth-order valence-electron chi connectivity index (χ4n) is 4.62. The molecule has 0 bridgehead atoms. The van der Waals surface area contributed by atoms with Crippen LogP contribution in [0.5, 0.6) is 11.6 Å². The van der Waals surface area contributed by atoms with Crippen LogP contribution in [0.1, 0.15) is 34.1 Å². The molecule has 2 atom stereocenters. The molecule has 0 fully saturated rings. The molecular weight excluding hydrogens is 447 g/mol. The molecule has 4 aromatic rings. The van der Waals surface area contributed by atoms with E-state index in [9.17, 15) is 9.18 Å². The minimum atomic E-state index is -0.409. The molecule has 1 amide bonds. The lowest BCUT2D eigenvalue weighted by Gasteiger charge is -2.26. The fraction of sp³-hybridized carbons (Fsp3) is 0.222. The van der Waals surface area contributed by atoms with Gasteiger partial charge in [-0.15, -0.1) is 0 Å². The molecule has 2 aromatic heterocycles. The molecule has 2 aliphatic heterocycles. The number of carbonyl (C=O) groups excluding carboxylic acids is 1. The average molecular weight is 471 g/mol. The van der Waals surface area contributed by atoms with Crippen molar-refractivity contribution in [1.29, 1.82) is 0 Å². The van der Waals surface area contributed by atoms with E-state index in [4.69, 9.17) is 9.47 Å². The number of hydrogen-bond donors (Lipinski definition) is 1. The highest BCUT2D eigenvalue weighted by Gasteiger charge is 2.28. The monoisotopic (exact) mass is 470 g/mol. The Hall–Kier alpha value is -4.20. The van der Waals surface area contributed by atoms with Gasteiger partial charge >= 0.3 is 0 Å². The maximum absolute atomic E-state index is 14.2. The SMILES string of the molecule is O=C(NC1COc2ccc(-c3cccnc3)cc2C1)c1cc2n(n1)CCC(c1ccccc1F)O2. The summed E-state index contributed by atoms with van der Waals surface area (Å²) in [6.07, 6.45) is 4.38. The van der Waals surface area contributed by atoms with Crippen LogP contribution in [-0.2, 0) is 13.0 Å². The molecule has 4 heterocycles. The van der Waals surface area contributed by atoms with Crippen molar-refractivity contribution in [3.05, 3.63) is 95.7 Å². The topological polar surface area (TPSA) is 78.3 Å². The molecule has 1 N–H and O–H groups in total. The van der Waals surface area contributed by atoms with Crippen LogP contribution in [0.4, 0.5) is 4.39 Å². The van der Waals surface area contributed by atoms with E-state index < -0.39 is 6.10 Å². The van der Waals surface area contributed by atoms with Gasteiger partial charge in [-0.05, 0) is 41.8 Å². The van der Waals surface area contributed by atoms with Gasteiger partial charge in [0.1, 0.15) is 24.3 Å². The van der Waals surface area contributed by atoms with Crippen LogP contribution in [0.25, 0.3) is 11.1 Å². The summed E-state index contributed by atoms with van der Waals surface area (Å²) in [4.78, 5) is 17.2. The fourth-order valence-corrected chi connectivity index (χ4v) is 4.62. The Morgan fingerprint density at radius 2 is 2.00 bits per heavy atom. The number of nitrogens with zero attached hydrogens (tertiary/aromatic N) is 3. The average Bonchev–Trinajstić information content (AvgIpc) is 3.33. The minimum absolute atomic E-state index is 0.190. The molecule has 2 unspecified atom stereocenters. The summed E-state index contributed by atoms with van der Waals surface area (Å²) in [7, 11) is 0. The van der Waals surface area contributed by atoms with Crippen LogP contribution in [0.3, 0.4) is 0 Å². The van der Waals surface area contributed by atoms with Gasteiger partial charge in [-0.25, -0.2) is 9.07 Å². The lowest BCUT2D eigenvalue weighted by molar-refractivity contribution is 0.0909. The first kappa shape index (κ1) is 21.3. The largest absolute Gasteiger partial charge is 0.491 e. The Kier molecular flexibility index (Phi) is 5.41. The van der Waals surface area contributed by atoms with Crippen LogP contribution in [0, 0.1) is 5.82 Å². The molecule has 176 valence electrons. The molecule has 0 aliphatic carbocycles. The van der Waals surface area contributed by atoms with Crippen molar-refractivity contribution in [3.63, 3.8) is 0 Å². The van der Waals surface area contributed by atoms with E-state index in [2.05, 4.69) is 21.5 Å². The van der Waals surface area contributed by atoms with E-state index in [0.29, 0.717) is 37.4 Å². The number of nitrogens with one attached hydrogen (secondary N) is 1. The summed E-state index contributed by atoms with van der Waals surface area (Å²) < 4.78 is 27.7.